The molecular weight excluding hydrogens is 271 g/mol. The van der Waals surface area contributed by atoms with Gasteiger partial charge in [-0.2, -0.15) is 0 Å². The van der Waals surface area contributed by atoms with Gasteiger partial charge in [0.15, 0.2) is 0 Å². The van der Waals surface area contributed by atoms with Crippen LogP contribution in [0.1, 0.15) is 11.1 Å². The molecule has 0 aliphatic carbocycles. The summed E-state index contributed by atoms with van der Waals surface area (Å²) >= 11 is 2.40. The molecule has 13 heavy (non-hydrogen) atoms. The molecule has 0 aliphatic heterocycles. The average molecular weight is 282 g/mol. The van der Waals surface area contributed by atoms with Crippen LogP contribution in [0.5, 0.6) is 0 Å². The average Bonchev–Trinajstić information content (AvgIpc) is 2.15. The van der Waals surface area contributed by atoms with Gasteiger partial charge in [0.2, 0.25) is 0 Å². The van der Waals surface area contributed by atoms with Crippen LogP contribution in [0, 0.1) is 17.4 Å². The van der Waals surface area contributed by atoms with Gasteiger partial charge in [-0.1, -0.05) is 24.3 Å². The first kappa shape index (κ1) is 9.00. The van der Waals surface area contributed by atoms with Gasteiger partial charge in [0, 0.05) is 3.57 Å². The van der Waals surface area contributed by atoms with Crippen molar-refractivity contribution in [3.8, 4) is 0 Å². The molecule has 0 bridgehead atoms. The van der Waals surface area contributed by atoms with Crippen molar-refractivity contribution in [1.82, 2.24) is 0 Å². The van der Waals surface area contributed by atoms with Crippen LogP contribution >= 0.6 is 22.6 Å². The number of hydrogen-bond donors (Lipinski definition) is 0. The van der Waals surface area contributed by atoms with Gasteiger partial charge in [0.05, 0.1) is 0 Å². The van der Waals surface area contributed by atoms with Crippen LogP contribution in [0.2, 0.25) is 0 Å². The molecule has 2 aromatic rings. The summed E-state index contributed by atoms with van der Waals surface area (Å²) in [6.07, 6.45) is 0. The van der Waals surface area contributed by atoms with Gasteiger partial charge in [0.1, 0.15) is 0 Å². The van der Waals surface area contributed by atoms with Crippen LogP contribution in [0.4, 0.5) is 0 Å². The maximum absolute atomic E-state index is 2.40. The predicted molar refractivity (Wildman–Crippen MR) is 66.1 cm³/mol. The van der Waals surface area contributed by atoms with Crippen LogP contribution in [-0.4, -0.2) is 0 Å². The summed E-state index contributed by atoms with van der Waals surface area (Å²) < 4.78 is 1.36. The van der Waals surface area contributed by atoms with Crippen LogP contribution in [0.3, 0.4) is 0 Å². The molecule has 0 spiro atoms. The Labute approximate surface area is 92.1 Å². The number of hydrogen-bond acceptors (Lipinski definition) is 0. The Kier molecular flexibility index (Phi) is 2.28. The van der Waals surface area contributed by atoms with E-state index in [1.165, 1.54) is 25.5 Å². The third-order valence-electron chi connectivity index (χ3n) is 2.46. The molecule has 0 aromatic heterocycles. The number of rotatable bonds is 0. The van der Waals surface area contributed by atoms with Gasteiger partial charge >= 0.3 is 0 Å². The minimum absolute atomic E-state index is 1.36. The largest absolute Gasteiger partial charge is 0.0616 e. The van der Waals surface area contributed by atoms with Crippen molar-refractivity contribution in [1.29, 1.82) is 0 Å². The third kappa shape index (κ3) is 1.46. The smallest absolute Gasteiger partial charge is 0.0168 e. The zero-order valence-electron chi connectivity index (χ0n) is 7.76. The van der Waals surface area contributed by atoms with E-state index in [2.05, 4.69) is 66.8 Å². The van der Waals surface area contributed by atoms with E-state index in [0.29, 0.717) is 0 Å². The van der Waals surface area contributed by atoms with E-state index in [1.807, 2.05) is 0 Å². The molecule has 0 heterocycles. The fraction of sp³-hybridized carbons (Fsp3) is 0.167. The first-order valence-electron chi connectivity index (χ1n) is 4.34. The summed E-state index contributed by atoms with van der Waals surface area (Å²) in [5.41, 5.74) is 2.76. The van der Waals surface area contributed by atoms with Crippen molar-refractivity contribution >= 4 is 33.4 Å². The maximum atomic E-state index is 2.40. The highest BCUT2D eigenvalue weighted by Gasteiger charge is 2.02. The van der Waals surface area contributed by atoms with Crippen LogP contribution in [-0.2, 0) is 0 Å². The van der Waals surface area contributed by atoms with Gasteiger partial charge in [-0.15, -0.1) is 0 Å². The number of benzene rings is 2. The SMILES string of the molecule is Cc1cc(I)c(C)c2ccccc12. The van der Waals surface area contributed by atoms with Gasteiger partial charge in [-0.3, -0.25) is 0 Å². The lowest BCUT2D eigenvalue weighted by atomic mass is 10.0. The topological polar surface area (TPSA) is 0 Å². The molecule has 0 radical (unpaired) electrons. The fourth-order valence-corrected chi connectivity index (χ4v) is 2.42. The van der Waals surface area contributed by atoms with E-state index in [1.54, 1.807) is 0 Å². The van der Waals surface area contributed by atoms with Crippen LogP contribution in [0.15, 0.2) is 30.3 Å². The van der Waals surface area contributed by atoms with E-state index in [9.17, 15) is 0 Å². The van der Waals surface area contributed by atoms with Crippen molar-refractivity contribution in [2.75, 3.05) is 0 Å². The highest BCUT2D eigenvalue weighted by molar-refractivity contribution is 14.1. The lowest BCUT2D eigenvalue weighted by molar-refractivity contribution is 1.42. The van der Waals surface area contributed by atoms with Crippen molar-refractivity contribution in [3.05, 3.63) is 45.0 Å². The first-order valence-corrected chi connectivity index (χ1v) is 5.42. The maximum Gasteiger partial charge on any atom is 0.0168 e. The Morgan fingerprint density at radius 3 is 2.31 bits per heavy atom. The van der Waals surface area contributed by atoms with E-state index >= 15 is 0 Å². The lowest BCUT2D eigenvalue weighted by Crippen LogP contribution is -1.86. The molecule has 66 valence electrons. The second-order valence-electron chi connectivity index (χ2n) is 3.35. The zero-order valence-corrected chi connectivity index (χ0v) is 9.92. The lowest BCUT2D eigenvalue weighted by Gasteiger charge is -2.07. The van der Waals surface area contributed by atoms with Gasteiger partial charge in [-0.25, -0.2) is 0 Å². The zero-order chi connectivity index (χ0) is 9.42. The molecule has 0 N–H and O–H groups in total. The Morgan fingerprint density at radius 2 is 1.62 bits per heavy atom. The molecule has 0 fully saturated rings. The van der Waals surface area contributed by atoms with Gasteiger partial charge in [0.25, 0.3) is 0 Å². The molecule has 0 amide bonds. The monoisotopic (exact) mass is 282 g/mol. The molecule has 0 atom stereocenters. The molecule has 0 saturated carbocycles. The standard InChI is InChI=1S/C12H11I/c1-8-7-12(13)9(2)11-6-4-3-5-10(8)11/h3-7H,1-2H3. The number of aryl methyl sites for hydroxylation is 2. The molecule has 0 aliphatic rings. The summed E-state index contributed by atoms with van der Waals surface area (Å²) in [5, 5.41) is 2.76. The first-order chi connectivity index (χ1) is 6.20. The van der Waals surface area contributed by atoms with E-state index in [4.69, 9.17) is 0 Å². The summed E-state index contributed by atoms with van der Waals surface area (Å²) in [4.78, 5) is 0. The van der Waals surface area contributed by atoms with E-state index < -0.39 is 0 Å². The fourth-order valence-electron chi connectivity index (χ4n) is 1.66. The van der Waals surface area contributed by atoms with Crippen molar-refractivity contribution in [2.24, 2.45) is 0 Å². The normalized spacial score (nSPS) is 10.7. The second-order valence-corrected chi connectivity index (χ2v) is 4.51. The highest BCUT2D eigenvalue weighted by atomic mass is 127. The summed E-state index contributed by atoms with van der Waals surface area (Å²) in [5.74, 6) is 0. The number of halogens is 1. The Balaban J connectivity index is 2.97. The molecule has 0 nitrogen and oxygen atoms in total. The van der Waals surface area contributed by atoms with E-state index in [-0.39, 0.29) is 0 Å². The Hall–Kier alpha value is -0.570. The molecule has 2 aromatic carbocycles. The van der Waals surface area contributed by atoms with Crippen molar-refractivity contribution in [3.63, 3.8) is 0 Å². The molecule has 1 heteroatoms. The minimum atomic E-state index is 1.36. The Morgan fingerprint density at radius 1 is 1.00 bits per heavy atom. The van der Waals surface area contributed by atoms with Gasteiger partial charge < -0.3 is 0 Å². The van der Waals surface area contributed by atoms with Crippen molar-refractivity contribution in [2.45, 2.75) is 13.8 Å². The van der Waals surface area contributed by atoms with Gasteiger partial charge in [-0.05, 0) is 64.4 Å². The molecule has 0 unspecified atom stereocenters. The Bertz CT molecular complexity index is 458. The highest BCUT2D eigenvalue weighted by Crippen LogP contribution is 2.25. The quantitative estimate of drug-likeness (QED) is 0.639. The molecule has 2 rings (SSSR count). The predicted octanol–water partition coefficient (Wildman–Crippen LogP) is 4.06. The molecular formula is C12H11I. The second kappa shape index (κ2) is 3.29. The summed E-state index contributed by atoms with van der Waals surface area (Å²) in [6, 6.07) is 10.8. The van der Waals surface area contributed by atoms with Crippen LogP contribution < -0.4 is 0 Å². The minimum Gasteiger partial charge on any atom is -0.0616 e. The van der Waals surface area contributed by atoms with Crippen molar-refractivity contribution < 1.29 is 0 Å². The van der Waals surface area contributed by atoms with Crippen LogP contribution in [0.25, 0.3) is 10.8 Å². The van der Waals surface area contributed by atoms with E-state index in [0.717, 1.165) is 0 Å². The summed E-state index contributed by atoms with van der Waals surface area (Å²) in [6.45, 7) is 4.35. The third-order valence-corrected chi connectivity index (χ3v) is 3.58. The summed E-state index contributed by atoms with van der Waals surface area (Å²) in [7, 11) is 0. The number of fused-ring (bicyclic) bond motifs is 1. The molecule has 0 saturated heterocycles.